The predicted molar refractivity (Wildman–Crippen MR) is 41.5 cm³/mol. The summed E-state index contributed by atoms with van der Waals surface area (Å²) < 4.78 is 20.6. The SMILES string of the molecule is O=P(O)(O)C(C=S)P(=O)(O)O. The van der Waals surface area contributed by atoms with Crippen LogP contribution >= 0.6 is 27.4 Å². The minimum absolute atomic E-state index is 0.390. The summed E-state index contributed by atoms with van der Waals surface area (Å²) in [5.74, 6) is 0. The Morgan fingerprint density at radius 3 is 1.36 bits per heavy atom. The van der Waals surface area contributed by atoms with E-state index < -0.39 is 20.6 Å². The lowest BCUT2D eigenvalue weighted by atomic mass is 10.9. The summed E-state index contributed by atoms with van der Waals surface area (Å²) in [4.78, 5) is 33.3. The molecule has 0 amide bonds. The van der Waals surface area contributed by atoms with Gasteiger partial charge in [0, 0.05) is 5.37 Å². The second-order valence-electron chi connectivity index (χ2n) is 1.73. The van der Waals surface area contributed by atoms with E-state index in [0.29, 0.717) is 5.37 Å². The van der Waals surface area contributed by atoms with Gasteiger partial charge in [0.15, 0.2) is 5.40 Å². The van der Waals surface area contributed by atoms with E-state index in [1.165, 1.54) is 0 Å². The molecule has 9 heteroatoms. The van der Waals surface area contributed by atoms with E-state index >= 15 is 0 Å². The molecule has 0 atom stereocenters. The fourth-order valence-electron chi connectivity index (χ4n) is 0.355. The Labute approximate surface area is 67.6 Å². The Balaban J connectivity index is 4.87. The lowest BCUT2D eigenvalue weighted by Crippen LogP contribution is -2.08. The second kappa shape index (κ2) is 3.41. The highest BCUT2D eigenvalue weighted by atomic mass is 32.1. The smallest absolute Gasteiger partial charge is 0.324 e. The van der Waals surface area contributed by atoms with Crippen molar-refractivity contribution in [2.45, 2.75) is 5.40 Å². The molecule has 0 unspecified atom stereocenters. The van der Waals surface area contributed by atoms with Gasteiger partial charge in [-0.2, -0.15) is 0 Å². The van der Waals surface area contributed by atoms with Crippen LogP contribution < -0.4 is 0 Å². The topological polar surface area (TPSA) is 115 Å². The van der Waals surface area contributed by atoms with Crippen LogP contribution in [0.25, 0.3) is 0 Å². The molecule has 0 fully saturated rings. The quantitative estimate of drug-likeness (QED) is 0.380. The van der Waals surface area contributed by atoms with Crippen LogP contribution in [0, 0.1) is 0 Å². The van der Waals surface area contributed by atoms with Crippen LogP contribution in [0.4, 0.5) is 0 Å². The Morgan fingerprint density at radius 2 is 1.36 bits per heavy atom. The van der Waals surface area contributed by atoms with Crippen molar-refractivity contribution in [3.63, 3.8) is 0 Å². The standard InChI is InChI=1S/C2H6O6P2S/c3-9(4,5)2(1-11)10(6,7)8/h1-2H,(H2,3,4,5)(H2,6,7,8). The van der Waals surface area contributed by atoms with E-state index in [0.717, 1.165) is 0 Å². The summed E-state index contributed by atoms with van der Waals surface area (Å²) in [6.07, 6.45) is 0. The monoisotopic (exact) mass is 220 g/mol. The minimum atomic E-state index is -4.82. The van der Waals surface area contributed by atoms with Gasteiger partial charge in [-0.15, -0.1) is 0 Å². The van der Waals surface area contributed by atoms with Crippen molar-refractivity contribution in [3.8, 4) is 0 Å². The van der Waals surface area contributed by atoms with Gasteiger partial charge >= 0.3 is 15.2 Å². The van der Waals surface area contributed by atoms with Gasteiger partial charge in [-0.3, -0.25) is 9.13 Å². The molecule has 4 N–H and O–H groups in total. The summed E-state index contributed by atoms with van der Waals surface area (Å²) in [6.45, 7) is 0. The Morgan fingerprint density at radius 1 is 1.09 bits per heavy atom. The van der Waals surface area contributed by atoms with Crippen molar-refractivity contribution in [2.75, 3.05) is 0 Å². The minimum Gasteiger partial charge on any atom is -0.324 e. The number of thiocarbonyl (C=S) groups is 1. The van der Waals surface area contributed by atoms with Gasteiger partial charge in [0.05, 0.1) is 0 Å². The van der Waals surface area contributed by atoms with E-state index in [-0.39, 0.29) is 0 Å². The second-order valence-corrected chi connectivity index (χ2v) is 5.88. The summed E-state index contributed by atoms with van der Waals surface area (Å²) in [5.41, 5.74) is 0. The molecule has 0 aliphatic rings. The predicted octanol–water partition coefficient (Wildman–Crippen LogP) is -0.332. The van der Waals surface area contributed by atoms with Crippen molar-refractivity contribution < 1.29 is 28.7 Å². The van der Waals surface area contributed by atoms with Gasteiger partial charge in [0.25, 0.3) is 0 Å². The van der Waals surface area contributed by atoms with Gasteiger partial charge in [0.2, 0.25) is 0 Å². The molecule has 0 aromatic carbocycles. The largest absolute Gasteiger partial charge is 0.345 e. The van der Waals surface area contributed by atoms with Gasteiger partial charge in [-0.1, -0.05) is 12.2 Å². The molecule has 6 nitrogen and oxygen atoms in total. The van der Waals surface area contributed by atoms with Gasteiger partial charge in [0.1, 0.15) is 0 Å². The Kier molecular flexibility index (Phi) is 3.53. The normalized spacial score (nSPS) is 13.5. The molecule has 11 heavy (non-hydrogen) atoms. The van der Waals surface area contributed by atoms with Crippen molar-refractivity contribution in [3.05, 3.63) is 0 Å². The molecule has 0 aromatic heterocycles. The van der Waals surface area contributed by atoms with Crippen LogP contribution in [0.1, 0.15) is 0 Å². The molecule has 0 aliphatic carbocycles. The average molecular weight is 220 g/mol. The zero-order valence-electron chi connectivity index (χ0n) is 5.06. The number of hydrogen-bond donors (Lipinski definition) is 4. The summed E-state index contributed by atoms with van der Waals surface area (Å²) >= 11 is 4.06. The lowest BCUT2D eigenvalue weighted by molar-refractivity contribution is 0.350. The van der Waals surface area contributed by atoms with Crippen LogP contribution in [-0.2, 0) is 9.13 Å². The molecule has 0 heterocycles. The number of rotatable bonds is 3. The first kappa shape index (κ1) is 11.4. The van der Waals surface area contributed by atoms with Crippen molar-refractivity contribution in [2.24, 2.45) is 0 Å². The van der Waals surface area contributed by atoms with Crippen LogP contribution in [0.3, 0.4) is 0 Å². The first-order chi connectivity index (χ1) is 4.69. The first-order valence-electron chi connectivity index (χ1n) is 2.25. The molecule has 0 bridgehead atoms. The lowest BCUT2D eigenvalue weighted by Gasteiger charge is -2.13. The maximum Gasteiger partial charge on any atom is 0.345 e. The van der Waals surface area contributed by atoms with Gasteiger partial charge in [-0.05, 0) is 0 Å². The third-order valence-electron chi connectivity index (χ3n) is 0.811. The summed E-state index contributed by atoms with van der Waals surface area (Å²) in [7, 11) is -9.64. The van der Waals surface area contributed by atoms with Gasteiger partial charge < -0.3 is 19.6 Å². The molecule has 0 radical (unpaired) electrons. The van der Waals surface area contributed by atoms with Crippen molar-refractivity contribution in [1.82, 2.24) is 0 Å². The highest BCUT2D eigenvalue weighted by molar-refractivity contribution is 7.83. The zero-order valence-corrected chi connectivity index (χ0v) is 7.67. The van der Waals surface area contributed by atoms with E-state index in [1.807, 2.05) is 0 Å². The summed E-state index contributed by atoms with van der Waals surface area (Å²) in [5, 5.41) is -1.77. The Bertz CT molecular complexity index is 215. The molecule has 66 valence electrons. The highest BCUT2D eigenvalue weighted by Crippen LogP contribution is 2.58. The van der Waals surface area contributed by atoms with E-state index in [2.05, 4.69) is 12.2 Å². The molecule has 0 rings (SSSR count). The van der Waals surface area contributed by atoms with Crippen LogP contribution in [0.15, 0.2) is 0 Å². The highest BCUT2D eigenvalue weighted by Gasteiger charge is 2.41. The molecule has 0 aromatic rings. The maximum absolute atomic E-state index is 10.3. The van der Waals surface area contributed by atoms with Gasteiger partial charge in [-0.25, -0.2) is 0 Å². The molecule has 0 saturated carbocycles. The van der Waals surface area contributed by atoms with E-state index in [4.69, 9.17) is 19.6 Å². The number of hydrogen-bond acceptors (Lipinski definition) is 3. The molecular weight excluding hydrogens is 214 g/mol. The van der Waals surface area contributed by atoms with Crippen LogP contribution in [0.2, 0.25) is 0 Å². The fraction of sp³-hybridized carbons (Fsp3) is 0.500. The third-order valence-corrected chi connectivity index (χ3v) is 4.97. The van der Waals surface area contributed by atoms with Crippen molar-refractivity contribution >= 4 is 32.8 Å². The van der Waals surface area contributed by atoms with Crippen molar-refractivity contribution in [1.29, 1.82) is 0 Å². The van der Waals surface area contributed by atoms with E-state index in [1.54, 1.807) is 0 Å². The third kappa shape index (κ3) is 3.53. The average Bonchev–Trinajstić information content (AvgIpc) is 1.56. The molecular formula is C2H6O6P2S. The summed E-state index contributed by atoms with van der Waals surface area (Å²) in [6, 6.07) is 0. The molecule has 0 aliphatic heterocycles. The molecule has 0 spiro atoms. The zero-order chi connectivity index (χ0) is 9.28. The van der Waals surface area contributed by atoms with Crippen LogP contribution in [0.5, 0.6) is 0 Å². The first-order valence-corrected chi connectivity index (χ1v) is 6.09. The van der Waals surface area contributed by atoms with Crippen LogP contribution in [-0.4, -0.2) is 30.3 Å². The van der Waals surface area contributed by atoms with E-state index in [9.17, 15) is 9.13 Å². The fourth-order valence-corrected chi connectivity index (χ4v) is 3.19. The molecule has 0 saturated heterocycles. The maximum atomic E-state index is 10.3. The Hall–Kier alpha value is 0.390.